The lowest BCUT2D eigenvalue weighted by atomic mass is 10.2. The number of hydrogen-bond donors (Lipinski definition) is 1. The first kappa shape index (κ1) is 17.7. The van der Waals surface area contributed by atoms with Crippen molar-refractivity contribution < 1.29 is 18.0 Å². The topological polar surface area (TPSA) is 46.9 Å². The van der Waals surface area contributed by atoms with Gasteiger partial charge in [0.25, 0.3) is 5.91 Å². The molecule has 1 N–H and O–H groups in total. The number of amides is 1. The van der Waals surface area contributed by atoms with Crippen molar-refractivity contribution in [1.29, 1.82) is 0 Å². The Morgan fingerprint density at radius 3 is 2.19 bits per heavy atom. The highest BCUT2D eigenvalue weighted by Crippen LogP contribution is 2.30. The lowest BCUT2D eigenvalue weighted by Gasteiger charge is -2.09. The molecule has 0 saturated heterocycles. The molecule has 134 valence electrons. The summed E-state index contributed by atoms with van der Waals surface area (Å²) in [6.45, 7) is 3.73. The van der Waals surface area contributed by atoms with Crippen LogP contribution in [-0.4, -0.2) is 15.7 Å². The summed E-state index contributed by atoms with van der Waals surface area (Å²) in [4.78, 5) is 12.4. The van der Waals surface area contributed by atoms with Gasteiger partial charge < -0.3 is 5.32 Å². The van der Waals surface area contributed by atoms with E-state index < -0.39 is 17.6 Å². The Morgan fingerprint density at radius 1 is 1.00 bits per heavy atom. The normalized spacial score (nSPS) is 11.4. The molecule has 3 aromatic rings. The number of benzene rings is 2. The number of aryl methyl sites for hydroxylation is 1. The molecule has 0 aliphatic carbocycles. The molecule has 0 fully saturated rings. The maximum Gasteiger partial charge on any atom is 0.416 e. The Morgan fingerprint density at radius 2 is 1.62 bits per heavy atom. The monoisotopic (exact) mass is 359 g/mol. The third-order valence-electron chi connectivity index (χ3n) is 4.00. The largest absolute Gasteiger partial charge is 0.416 e. The summed E-state index contributed by atoms with van der Waals surface area (Å²) < 4.78 is 39.4. The molecular formula is C19H16F3N3O. The molecule has 0 unspecified atom stereocenters. The van der Waals surface area contributed by atoms with Crippen molar-refractivity contribution in [2.45, 2.75) is 20.0 Å². The van der Waals surface area contributed by atoms with Crippen LogP contribution in [0.4, 0.5) is 18.9 Å². The van der Waals surface area contributed by atoms with Gasteiger partial charge in [-0.3, -0.25) is 4.79 Å². The van der Waals surface area contributed by atoms with Crippen LogP contribution in [0.2, 0.25) is 0 Å². The third-order valence-corrected chi connectivity index (χ3v) is 4.00. The Hall–Kier alpha value is -3.09. The molecule has 1 aromatic heterocycles. The molecule has 0 bridgehead atoms. The van der Waals surface area contributed by atoms with Gasteiger partial charge in [-0.25, -0.2) is 4.68 Å². The van der Waals surface area contributed by atoms with Crippen LogP contribution < -0.4 is 5.32 Å². The van der Waals surface area contributed by atoms with Gasteiger partial charge in [0, 0.05) is 5.69 Å². The van der Waals surface area contributed by atoms with Gasteiger partial charge in [0.2, 0.25) is 0 Å². The van der Waals surface area contributed by atoms with Gasteiger partial charge in [-0.15, -0.1) is 0 Å². The molecule has 1 amide bonds. The standard InChI is InChI=1S/C19H16F3N3O/c1-12-3-9-16(10-4-12)25-13(2)17(11-23-25)18(26)24-15-7-5-14(6-8-15)19(20,21)22/h3-11H,1-2H3,(H,24,26). The van der Waals surface area contributed by atoms with Crippen molar-refractivity contribution >= 4 is 11.6 Å². The highest BCUT2D eigenvalue weighted by molar-refractivity contribution is 6.05. The summed E-state index contributed by atoms with van der Waals surface area (Å²) in [5.74, 6) is -0.430. The van der Waals surface area contributed by atoms with Gasteiger partial charge in [0.1, 0.15) is 0 Å². The number of hydrogen-bond acceptors (Lipinski definition) is 2. The minimum absolute atomic E-state index is 0.283. The lowest BCUT2D eigenvalue weighted by Crippen LogP contribution is -2.13. The predicted octanol–water partition coefficient (Wildman–Crippen LogP) is 4.76. The van der Waals surface area contributed by atoms with E-state index in [1.54, 1.807) is 11.6 Å². The van der Waals surface area contributed by atoms with Crippen molar-refractivity contribution in [1.82, 2.24) is 9.78 Å². The fourth-order valence-electron chi connectivity index (χ4n) is 2.52. The zero-order chi connectivity index (χ0) is 18.9. The zero-order valence-electron chi connectivity index (χ0n) is 14.1. The van der Waals surface area contributed by atoms with Crippen LogP contribution in [0.15, 0.2) is 54.7 Å². The highest BCUT2D eigenvalue weighted by Gasteiger charge is 2.30. The SMILES string of the molecule is Cc1ccc(-n2ncc(C(=O)Nc3ccc(C(F)(F)F)cc3)c2C)cc1. The number of nitrogens with one attached hydrogen (secondary N) is 1. The number of carbonyl (C=O) groups excluding carboxylic acids is 1. The van der Waals surface area contributed by atoms with E-state index in [1.807, 2.05) is 31.2 Å². The molecule has 7 heteroatoms. The van der Waals surface area contributed by atoms with E-state index in [4.69, 9.17) is 0 Å². The number of aromatic nitrogens is 2. The van der Waals surface area contributed by atoms with Gasteiger partial charge in [0.05, 0.1) is 28.7 Å². The summed E-state index contributed by atoms with van der Waals surface area (Å²) in [7, 11) is 0. The fraction of sp³-hybridized carbons (Fsp3) is 0.158. The average Bonchev–Trinajstić information content (AvgIpc) is 2.97. The number of anilines is 1. The Balaban J connectivity index is 1.79. The third kappa shape index (κ3) is 3.61. The summed E-state index contributed by atoms with van der Waals surface area (Å²) in [5, 5.41) is 6.82. The fourth-order valence-corrected chi connectivity index (χ4v) is 2.52. The summed E-state index contributed by atoms with van der Waals surface area (Å²) in [5.41, 5.74) is 2.44. The van der Waals surface area contributed by atoms with E-state index in [0.29, 0.717) is 11.3 Å². The van der Waals surface area contributed by atoms with Gasteiger partial charge in [0.15, 0.2) is 0 Å². The van der Waals surface area contributed by atoms with Crippen LogP contribution >= 0.6 is 0 Å². The zero-order valence-corrected chi connectivity index (χ0v) is 14.1. The number of rotatable bonds is 3. The second-order valence-corrected chi connectivity index (χ2v) is 5.92. The Labute approximate surface area is 148 Å². The maximum atomic E-state index is 12.6. The molecule has 2 aromatic carbocycles. The number of halogens is 3. The van der Waals surface area contributed by atoms with Crippen molar-refractivity contribution in [3.05, 3.63) is 77.1 Å². The molecule has 3 rings (SSSR count). The predicted molar refractivity (Wildman–Crippen MR) is 92.4 cm³/mol. The van der Waals surface area contributed by atoms with E-state index >= 15 is 0 Å². The van der Waals surface area contributed by atoms with Crippen LogP contribution in [0.5, 0.6) is 0 Å². The minimum Gasteiger partial charge on any atom is -0.322 e. The van der Waals surface area contributed by atoms with Gasteiger partial charge in [-0.1, -0.05) is 17.7 Å². The van der Waals surface area contributed by atoms with Crippen LogP contribution in [-0.2, 0) is 6.18 Å². The van der Waals surface area contributed by atoms with E-state index in [0.717, 1.165) is 23.4 Å². The molecule has 0 atom stereocenters. The molecule has 1 heterocycles. The van der Waals surface area contributed by atoms with E-state index in [1.165, 1.54) is 18.3 Å². The molecule has 0 aliphatic heterocycles. The van der Waals surface area contributed by atoms with Crippen molar-refractivity contribution in [3.8, 4) is 5.69 Å². The molecule has 26 heavy (non-hydrogen) atoms. The molecule has 0 saturated carbocycles. The van der Waals surface area contributed by atoms with E-state index in [-0.39, 0.29) is 5.69 Å². The second kappa shape index (κ2) is 6.67. The van der Waals surface area contributed by atoms with E-state index in [2.05, 4.69) is 10.4 Å². The Kier molecular flexibility index (Phi) is 4.54. The van der Waals surface area contributed by atoms with Gasteiger partial charge >= 0.3 is 6.18 Å². The van der Waals surface area contributed by atoms with Crippen molar-refractivity contribution in [3.63, 3.8) is 0 Å². The first-order valence-electron chi connectivity index (χ1n) is 7.86. The van der Waals surface area contributed by atoms with E-state index in [9.17, 15) is 18.0 Å². The van der Waals surface area contributed by atoms with Crippen LogP contribution in [0, 0.1) is 13.8 Å². The molecule has 0 aliphatic rings. The average molecular weight is 359 g/mol. The highest BCUT2D eigenvalue weighted by atomic mass is 19.4. The molecule has 4 nitrogen and oxygen atoms in total. The van der Waals surface area contributed by atoms with Gasteiger partial charge in [-0.2, -0.15) is 18.3 Å². The maximum absolute atomic E-state index is 12.6. The van der Waals surface area contributed by atoms with Crippen molar-refractivity contribution in [2.75, 3.05) is 5.32 Å². The van der Waals surface area contributed by atoms with Crippen LogP contribution in [0.25, 0.3) is 5.69 Å². The minimum atomic E-state index is -4.41. The number of alkyl halides is 3. The first-order valence-corrected chi connectivity index (χ1v) is 7.86. The van der Waals surface area contributed by atoms with Crippen LogP contribution in [0.1, 0.15) is 27.2 Å². The summed E-state index contributed by atoms with van der Waals surface area (Å²) >= 11 is 0. The van der Waals surface area contributed by atoms with Crippen LogP contribution in [0.3, 0.4) is 0 Å². The van der Waals surface area contributed by atoms with Crippen molar-refractivity contribution in [2.24, 2.45) is 0 Å². The molecular weight excluding hydrogens is 343 g/mol. The molecule has 0 radical (unpaired) electrons. The first-order chi connectivity index (χ1) is 12.3. The lowest BCUT2D eigenvalue weighted by molar-refractivity contribution is -0.137. The summed E-state index contributed by atoms with van der Waals surface area (Å²) in [6.07, 6.45) is -2.97. The smallest absolute Gasteiger partial charge is 0.322 e. The second-order valence-electron chi connectivity index (χ2n) is 5.92. The quantitative estimate of drug-likeness (QED) is 0.733. The Bertz CT molecular complexity index is 926. The number of carbonyl (C=O) groups is 1. The number of nitrogens with zero attached hydrogens (tertiary/aromatic N) is 2. The van der Waals surface area contributed by atoms with Gasteiger partial charge in [-0.05, 0) is 50.2 Å². The molecule has 0 spiro atoms. The summed E-state index contributed by atoms with van der Waals surface area (Å²) in [6, 6.07) is 12.0.